The zero-order chi connectivity index (χ0) is 8.41. The van der Waals surface area contributed by atoms with E-state index in [9.17, 15) is 12.3 Å². The first-order valence-electron chi connectivity index (χ1n) is 2.74. The van der Waals surface area contributed by atoms with Crippen LogP contribution in [0.3, 0.4) is 0 Å². The van der Waals surface area contributed by atoms with Crippen LogP contribution in [0.25, 0.3) is 0 Å². The third-order valence-corrected chi connectivity index (χ3v) is 2.11. The SMILES string of the molecule is COC(C)(C)CS(=O)(=O)F. The summed E-state index contributed by atoms with van der Waals surface area (Å²) in [6, 6.07) is 0. The summed E-state index contributed by atoms with van der Waals surface area (Å²) in [5.74, 6) is -0.601. The van der Waals surface area contributed by atoms with E-state index < -0.39 is 21.6 Å². The molecule has 0 fully saturated rings. The largest absolute Gasteiger partial charge is 0.378 e. The molecule has 0 radical (unpaired) electrons. The summed E-state index contributed by atoms with van der Waals surface area (Å²) < 4.78 is 36.8. The number of ether oxygens (including phenoxy) is 1. The van der Waals surface area contributed by atoms with Crippen molar-refractivity contribution in [2.75, 3.05) is 12.9 Å². The maximum Gasteiger partial charge on any atom is 0.305 e. The van der Waals surface area contributed by atoms with Crippen LogP contribution in [-0.4, -0.2) is 26.9 Å². The second-order valence-corrected chi connectivity index (χ2v) is 4.01. The Labute approximate surface area is 60.4 Å². The van der Waals surface area contributed by atoms with Crippen molar-refractivity contribution in [1.82, 2.24) is 0 Å². The molecule has 0 rings (SSSR count). The number of methoxy groups -OCH3 is 1. The van der Waals surface area contributed by atoms with Gasteiger partial charge in [-0.05, 0) is 13.8 Å². The predicted octanol–water partition coefficient (Wildman–Crippen LogP) is 0.711. The third kappa shape index (κ3) is 4.69. The minimum absolute atomic E-state index is 0.601. The van der Waals surface area contributed by atoms with Crippen molar-refractivity contribution >= 4 is 10.2 Å². The Morgan fingerprint density at radius 1 is 1.50 bits per heavy atom. The van der Waals surface area contributed by atoms with Crippen LogP contribution < -0.4 is 0 Å². The van der Waals surface area contributed by atoms with Gasteiger partial charge in [0.2, 0.25) is 0 Å². The Bertz CT molecular complexity index is 195. The zero-order valence-electron chi connectivity index (χ0n) is 6.22. The van der Waals surface area contributed by atoms with Crippen molar-refractivity contribution in [3.05, 3.63) is 0 Å². The summed E-state index contributed by atoms with van der Waals surface area (Å²) in [5, 5.41) is 0. The molecule has 62 valence electrons. The molecule has 0 aromatic rings. The van der Waals surface area contributed by atoms with Crippen LogP contribution in [0.1, 0.15) is 13.8 Å². The molecule has 0 amide bonds. The van der Waals surface area contributed by atoms with Gasteiger partial charge in [-0.1, -0.05) is 0 Å². The zero-order valence-corrected chi connectivity index (χ0v) is 7.03. The quantitative estimate of drug-likeness (QED) is 0.586. The van der Waals surface area contributed by atoms with E-state index in [0.29, 0.717) is 0 Å². The van der Waals surface area contributed by atoms with E-state index in [2.05, 4.69) is 0 Å². The fourth-order valence-corrected chi connectivity index (χ4v) is 1.42. The van der Waals surface area contributed by atoms with E-state index in [1.165, 1.54) is 21.0 Å². The number of halogens is 1. The average molecular weight is 170 g/mol. The fourth-order valence-electron chi connectivity index (χ4n) is 0.474. The van der Waals surface area contributed by atoms with Crippen LogP contribution >= 0.6 is 0 Å². The van der Waals surface area contributed by atoms with E-state index >= 15 is 0 Å². The van der Waals surface area contributed by atoms with Gasteiger partial charge in [0.25, 0.3) is 0 Å². The molecule has 3 nitrogen and oxygen atoms in total. The summed E-state index contributed by atoms with van der Waals surface area (Å²) >= 11 is 0. The second-order valence-electron chi connectivity index (χ2n) is 2.65. The Morgan fingerprint density at radius 2 is 1.90 bits per heavy atom. The van der Waals surface area contributed by atoms with Gasteiger partial charge >= 0.3 is 10.2 Å². The summed E-state index contributed by atoms with van der Waals surface area (Å²) in [7, 11) is -3.08. The van der Waals surface area contributed by atoms with E-state index in [4.69, 9.17) is 4.74 Å². The standard InChI is InChI=1S/C5H11FO3S/c1-5(2,9-3)4-10(6,7)8/h4H2,1-3H3. The molecule has 0 aromatic carbocycles. The summed E-state index contributed by atoms with van der Waals surface area (Å²) in [6.07, 6.45) is 0. The topological polar surface area (TPSA) is 43.4 Å². The minimum atomic E-state index is -4.42. The van der Waals surface area contributed by atoms with E-state index in [-0.39, 0.29) is 0 Å². The molecule has 0 saturated carbocycles. The molecular weight excluding hydrogens is 159 g/mol. The predicted molar refractivity (Wildman–Crippen MR) is 36.0 cm³/mol. The smallest absolute Gasteiger partial charge is 0.305 e. The number of rotatable bonds is 3. The Kier molecular flexibility index (Phi) is 2.79. The molecule has 0 atom stereocenters. The van der Waals surface area contributed by atoms with E-state index in [1.54, 1.807) is 0 Å². The molecule has 0 saturated heterocycles. The highest BCUT2D eigenvalue weighted by Gasteiger charge is 2.24. The first kappa shape index (κ1) is 9.84. The van der Waals surface area contributed by atoms with Gasteiger partial charge in [0, 0.05) is 7.11 Å². The van der Waals surface area contributed by atoms with Crippen LogP contribution in [0.2, 0.25) is 0 Å². The van der Waals surface area contributed by atoms with Crippen LogP contribution in [0.15, 0.2) is 0 Å². The first-order chi connectivity index (χ1) is 4.27. The lowest BCUT2D eigenvalue weighted by atomic mass is 10.2. The Hall–Kier alpha value is -0.160. The second kappa shape index (κ2) is 2.84. The minimum Gasteiger partial charge on any atom is -0.378 e. The molecule has 0 aliphatic carbocycles. The Morgan fingerprint density at radius 3 is 2.00 bits per heavy atom. The highest BCUT2D eigenvalue weighted by atomic mass is 32.3. The monoisotopic (exact) mass is 170 g/mol. The first-order valence-corrected chi connectivity index (χ1v) is 4.29. The molecule has 0 N–H and O–H groups in total. The number of hydrogen-bond donors (Lipinski definition) is 0. The van der Waals surface area contributed by atoms with Gasteiger partial charge < -0.3 is 4.74 Å². The number of hydrogen-bond acceptors (Lipinski definition) is 3. The van der Waals surface area contributed by atoms with Crippen molar-refractivity contribution in [1.29, 1.82) is 0 Å². The van der Waals surface area contributed by atoms with Gasteiger partial charge in [-0.25, -0.2) is 0 Å². The third-order valence-electron chi connectivity index (χ3n) is 1.07. The van der Waals surface area contributed by atoms with Gasteiger partial charge in [-0.2, -0.15) is 8.42 Å². The molecule has 0 heterocycles. The molecule has 10 heavy (non-hydrogen) atoms. The normalized spacial score (nSPS) is 13.6. The molecule has 0 bridgehead atoms. The van der Waals surface area contributed by atoms with Crippen LogP contribution in [-0.2, 0) is 15.0 Å². The summed E-state index contributed by atoms with van der Waals surface area (Å²) in [4.78, 5) is 0. The Balaban J connectivity index is 4.16. The van der Waals surface area contributed by atoms with Crippen molar-refractivity contribution in [2.45, 2.75) is 19.4 Å². The molecule has 0 spiro atoms. The van der Waals surface area contributed by atoms with Gasteiger partial charge in [-0.3, -0.25) is 0 Å². The lowest BCUT2D eigenvalue weighted by Crippen LogP contribution is -2.30. The maximum atomic E-state index is 12.0. The van der Waals surface area contributed by atoms with Crippen molar-refractivity contribution in [3.63, 3.8) is 0 Å². The summed E-state index contributed by atoms with van der Waals surface area (Å²) in [5.41, 5.74) is -0.937. The van der Waals surface area contributed by atoms with Crippen molar-refractivity contribution in [3.8, 4) is 0 Å². The van der Waals surface area contributed by atoms with Gasteiger partial charge in [0.1, 0.15) is 5.75 Å². The van der Waals surface area contributed by atoms with Gasteiger partial charge in [0.05, 0.1) is 5.60 Å². The lowest BCUT2D eigenvalue weighted by Gasteiger charge is -2.19. The average Bonchev–Trinajstić information content (AvgIpc) is 1.60. The van der Waals surface area contributed by atoms with Crippen molar-refractivity contribution < 1.29 is 17.0 Å². The van der Waals surface area contributed by atoms with Crippen LogP contribution in [0.5, 0.6) is 0 Å². The molecule has 0 aliphatic heterocycles. The molecule has 0 unspecified atom stereocenters. The van der Waals surface area contributed by atoms with E-state index in [0.717, 1.165) is 0 Å². The highest BCUT2D eigenvalue weighted by molar-refractivity contribution is 7.86. The van der Waals surface area contributed by atoms with E-state index in [1.807, 2.05) is 0 Å². The van der Waals surface area contributed by atoms with Crippen molar-refractivity contribution in [2.24, 2.45) is 0 Å². The van der Waals surface area contributed by atoms with Gasteiger partial charge in [0.15, 0.2) is 0 Å². The molecular formula is C5H11FO3S. The van der Waals surface area contributed by atoms with Crippen LogP contribution in [0.4, 0.5) is 3.89 Å². The maximum absolute atomic E-state index is 12.0. The molecule has 0 aliphatic rings. The van der Waals surface area contributed by atoms with Gasteiger partial charge in [-0.15, -0.1) is 3.89 Å². The molecule has 0 aromatic heterocycles. The fraction of sp³-hybridized carbons (Fsp3) is 1.00. The summed E-state index contributed by atoms with van der Waals surface area (Å²) in [6.45, 7) is 3.01. The molecule has 5 heteroatoms. The highest BCUT2D eigenvalue weighted by Crippen LogP contribution is 2.11. The van der Waals surface area contributed by atoms with Crippen LogP contribution in [0, 0.1) is 0 Å². The lowest BCUT2D eigenvalue weighted by molar-refractivity contribution is 0.0419.